The number of carbonyl (C=O) groups is 1. The average molecular weight is 451 g/mol. The molecule has 4 rings (SSSR count). The minimum absolute atomic E-state index is 0.189. The molecule has 0 saturated carbocycles. The standard InChI is InChI=1S/C24H22N2O5S/c1-2-28-22-12-17(14-25)5-7-21(22)31-16-24(27)26(15-19-4-3-11-32-19)18-6-8-20-23(13-18)30-10-9-29-20/h3-8,11-13H,2,9-10,15-16H2,1H3. The summed E-state index contributed by atoms with van der Waals surface area (Å²) in [5.41, 5.74) is 1.16. The maximum atomic E-state index is 13.2. The number of amides is 1. The molecule has 0 unspecified atom stereocenters. The normalized spacial score (nSPS) is 12.0. The van der Waals surface area contributed by atoms with Crippen molar-refractivity contribution >= 4 is 22.9 Å². The van der Waals surface area contributed by atoms with E-state index in [0.717, 1.165) is 4.88 Å². The minimum atomic E-state index is -0.220. The molecule has 2 aromatic carbocycles. The molecule has 7 nitrogen and oxygen atoms in total. The Hall–Kier alpha value is -3.70. The number of rotatable bonds is 8. The summed E-state index contributed by atoms with van der Waals surface area (Å²) < 4.78 is 22.7. The summed E-state index contributed by atoms with van der Waals surface area (Å²) in [6.45, 7) is 3.46. The fraction of sp³-hybridized carbons (Fsp3) is 0.250. The molecule has 0 saturated heterocycles. The van der Waals surface area contributed by atoms with Crippen molar-refractivity contribution < 1.29 is 23.7 Å². The van der Waals surface area contributed by atoms with Gasteiger partial charge in [0.25, 0.3) is 5.91 Å². The monoisotopic (exact) mass is 450 g/mol. The van der Waals surface area contributed by atoms with E-state index in [2.05, 4.69) is 6.07 Å². The summed E-state index contributed by atoms with van der Waals surface area (Å²) in [7, 11) is 0. The van der Waals surface area contributed by atoms with Crippen LogP contribution in [0.25, 0.3) is 0 Å². The van der Waals surface area contributed by atoms with Crippen molar-refractivity contribution in [1.29, 1.82) is 5.26 Å². The number of nitriles is 1. The summed E-state index contributed by atoms with van der Waals surface area (Å²) in [5.74, 6) is 1.91. The highest BCUT2D eigenvalue weighted by Crippen LogP contribution is 2.35. The molecule has 32 heavy (non-hydrogen) atoms. The lowest BCUT2D eigenvalue weighted by Crippen LogP contribution is -2.34. The number of anilines is 1. The van der Waals surface area contributed by atoms with Crippen LogP contribution in [0.4, 0.5) is 5.69 Å². The van der Waals surface area contributed by atoms with E-state index in [0.29, 0.717) is 60.6 Å². The Morgan fingerprint density at radius 2 is 1.94 bits per heavy atom. The molecule has 0 aliphatic carbocycles. The summed E-state index contributed by atoms with van der Waals surface area (Å²) in [6.07, 6.45) is 0. The third-order valence-electron chi connectivity index (χ3n) is 4.76. The van der Waals surface area contributed by atoms with Crippen molar-refractivity contribution in [3.63, 3.8) is 0 Å². The first-order chi connectivity index (χ1) is 15.7. The second-order valence-electron chi connectivity index (χ2n) is 6.88. The lowest BCUT2D eigenvalue weighted by molar-refractivity contribution is -0.120. The molecule has 0 bridgehead atoms. The van der Waals surface area contributed by atoms with Crippen molar-refractivity contribution in [1.82, 2.24) is 0 Å². The Morgan fingerprint density at radius 3 is 2.69 bits per heavy atom. The molecule has 0 fully saturated rings. The molecule has 1 aliphatic rings. The number of fused-ring (bicyclic) bond motifs is 1. The molecule has 1 amide bonds. The maximum absolute atomic E-state index is 13.2. The summed E-state index contributed by atoms with van der Waals surface area (Å²) in [5, 5.41) is 11.1. The van der Waals surface area contributed by atoms with Gasteiger partial charge in [0.15, 0.2) is 29.6 Å². The molecule has 0 atom stereocenters. The number of nitrogens with zero attached hydrogens (tertiary/aromatic N) is 2. The first-order valence-electron chi connectivity index (χ1n) is 10.2. The van der Waals surface area contributed by atoms with Gasteiger partial charge in [0.2, 0.25) is 0 Å². The van der Waals surface area contributed by atoms with Gasteiger partial charge >= 0.3 is 0 Å². The molecule has 8 heteroatoms. The zero-order valence-corrected chi connectivity index (χ0v) is 18.4. The highest BCUT2D eigenvalue weighted by atomic mass is 32.1. The van der Waals surface area contributed by atoms with Gasteiger partial charge in [-0.1, -0.05) is 6.07 Å². The topological polar surface area (TPSA) is 81.0 Å². The smallest absolute Gasteiger partial charge is 0.265 e. The number of thiophene rings is 1. The molecule has 1 aliphatic heterocycles. The van der Waals surface area contributed by atoms with Crippen LogP contribution in [0.1, 0.15) is 17.4 Å². The van der Waals surface area contributed by atoms with Crippen molar-refractivity contribution in [2.45, 2.75) is 13.5 Å². The second kappa shape index (κ2) is 10.1. The fourth-order valence-electron chi connectivity index (χ4n) is 3.26. The van der Waals surface area contributed by atoms with Crippen LogP contribution in [0.3, 0.4) is 0 Å². The van der Waals surface area contributed by atoms with Crippen LogP contribution >= 0.6 is 11.3 Å². The quantitative estimate of drug-likeness (QED) is 0.506. The summed E-state index contributed by atoms with van der Waals surface area (Å²) >= 11 is 1.58. The van der Waals surface area contributed by atoms with Crippen LogP contribution in [0.15, 0.2) is 53.9 Å². The highest BCUT2D eigenvalue weighted by molar-refractivity contribution is 7.09. The maximum Gasteiger partial charge on any atom is 0.265 e. The van der Waals surface area contributed by atoms with Gasteiger partial charge in [-0.3, -0.25) is 4.79 Å². The van der Waals surface area contributed by atoms with Gasteiger partial charge in [-0.25, -0.2) is 0 Å². The van der Waals surface area contributed by atoms with Crippen LogP contribution in [0.2, 0.25) is 0 Å². The van der Waals surface area contributed by atoms with Crippen LogP contribution < -0.4 is 23.8 Å². The lowest BCUT2D eigenvalue weighted by Gasteiger charge is -2.25. The molecule has 0 radical (unpaired) electrons. The van der Waals surface area contributed by atoms with E-state index in [1.165, 1.54) is 0 Å². The lowest BCUT2D eigenvalue weighted by atomic mass is 10.2. The number of ether oxygens (including phenoxy) is 4. The molecular formula is C24H22N2O5S. The van der Waals surface area contributed by atoms with Crippen molar-refractivity contribution in [2.24, 2.45) is 0 Å². The Bertz CT molecular complexity index is 1120. The average Bonchev–Trinajstić information content (AvgIpc) is 3.35. The van der Waals surface area contributed by atoms with Crippen LogP contribution in [-0.4, -0.2) is 32.3 Å². The third-order valence-corrected chi connectivity index (χ3v) is 5.62. The Morgan fingerprint density at radius 1 is 1.09 bits per heavy atom. The number of hydrogen-bond acceptors (Lipinski definition) is 7. The minimum Gasteiger partial charge on any atom is -0.490 e. The van der Waals surface area contributed by atoms with Crippen molar-refractivity contribution in [2.75, 3.05) is 31.3 Å². The molecule has 0 spiro atoms. The van der Waals surface area contributed by atoms with Crippen LogP contribution in [0.5, 0.6) is 23.0 Å². The molecule has 2 heterocycles. The summed E-state index contributed by atoms with van der Waals surface area (Å²) in [6, 6.07) is 16.4. The van der Waals surface area contributed by atoms with Crippen LogP contribution in [0, 0.1) is 11.3 Å². The Labute approximate surface area is 190 Å². The Kier molecular flexibility index (Phi) is 6.78. The van der Waals surface area contributed by atoms with E-state index >= 15 is 0 Å². The number of carbonyl (C=O) groups excluding carboxylic acids is 1. The Balaban J connectivity index is 1.55. The van der Waals surface area contributed by atoms with Gasteiger partial charge in [-0.05, 0) is 42.6 Å². The first-order valence-corrected chi connectivity index (χ1v) is 11.1. The van der Waals surface area contributed by atoms with E-state index in [1.54, 1.807) is 34.4 Å². The van der Waals surface area contributed by atoms with E-state index in [4.69, 9.17) is 24.2 Å². The third kappa shape index (κ3) is 4.95. The number of benzene rings is 2. The predicted molar refractivity (Wildman–Crippen MR) is 121 cm³/mol. The van der Waals surface area contributed by atoms with Gasteiger partial charge in [0, 0.05) is 22.7 Å². The highest BCUT2D eigenvalue weighted by Gasteiger charge is 2.21. The number of hydrogen-bond donors (Lipinski definition) is 0. The molecule has 1 aromatic heterocycles. The molecular weight excluding hydrogens is 428 g/mol. The second-order valence-corrected chi connectivity index (χ2v) is 7.91. The van der Waals surface area contributed by atoms with E-state index < -0.39 is 0 Å². The van der Waals surface area contributed by atoms with Gasteiger partial charge < -0.3 is 23.8 Å². The SMILES string of the molecule is CCOc1cc(C#N)ccc1OCC(=O)N(Cc1cccs1)c1ccc2c(c1)OCCO2. The van der Waals surface area contributed by atoms with E-state index in [1.807, 2.05) is 42.6 Å². The van der Waals surface area contributed by atoms with Gasteiger partial charge in [0.1, 0.15) is 13.2 Å². The van der Waals surface area contributed by atoms with Gasteiger partial charge in [-0.2, -0.15) is 5.26 Å². The summed E-state index contributed by atoms with van der Waals surface area (Å²) in [4.78, 5) is 15.9. The predicted octanol–water partition coefficient (Wildman–Crippen LogP) is 4.40. The molecule has 0 N–H and O–H groups in total. The van der Waals surface area contributed by atoms with Gasteiger partial charge in [0.05, 0.1) is 24.8 Å². The largest absolute Gasteiger partial charge is 0.490 e. The molecule has 164 valence electrons. The zero-order chi connectivity index (χ0) is 22.3. The zero-order valence-electron chi connectivity index (χ0n) is 17.6. The fourth-order valence-corrected chi connectivity index (χ4v) is 3.96. The van der Waals surface area contributed by atoms with Crippen molar-refractivity contribution in [3.8, 4) is 29.1 Å². The van der Waals surface area contributed by atoms with Gasteiger partial charge in [-0.15, -0.1) is 11.3 Å². The molecule has 3 aromatic rings. The van der Waals surface area contributed by atoms with E-state index in [-0.39, 0.29) is 12.5 Å². The van der Waals surface area contributed by atoms with E-state index in [9.17, 15) is 4.79 Å². The van der Waals surface area contributed by atoms with Crippen LogP contribution in [-0.2, 0) is 11.3 Å². The first kappa shape index (κ1) is 21.5. The van der Waals surface area contributed by atoms with Crippen molar-refractivity contribution in [3.05, 3.63) is 64.4 Å².